The minimum absolute atomic E-state index is 0.114. The van der Waals surface area contributed by atoms with Gasteiger partial charge in [0.15, 0.2) is 17.8 Å². The van der Waals surface area contributed by atoms with Crippen LogP contribution in [0.3, 0.4) is 0 Å². The molecule has 5 heterocycles. The van der Waals surface area contributed by atoms with Gasteiger partial charge in [-0.15, -0.1) is 0 Å². The molecule has 1 unspecified atom stereocenters. The number of nitrogens with one attached hydrogen (secondary N) is 1. The standard InChI is InChI=1S/C26H35N6O13PS/c1-13(2)42-26(37)40-12-47-46(38,45-21-16(9-33)44-24(22(21)39-3)31-7-5-18(35)30-25(31)36)41-10-17-15(34)8-19(43-17)32-11-29-20-14(27)4-6-28-23(20)32/h4-7,11,13,15-17,19,21-22,24,33-34H,8-10,12H2,1-3H3,(H2,27,28)(H,30,35,36)/t15-,16-,17-,19-,21+,22?,24-,46+/m1/s1. The normalized spacial score (nSPS) is 27.3. The van der Waals surface area contributed by atoms with Crippen LogP contribution in [0, 0.1) is 0 Å². The first kappa shape index (κ1) is 35.0. The summed E-state index contributed by atoms with van der Waals surface area (Å²) in [6, 6.07) is 2.70. The van der Waals surface area contributed by atoms with Crippen LogP contribution in [0.2, 0.25) is 0 Å². The topological polar surface area (TPSA) is 251 Å². The Balaban J connectivity index is 1.34. The molecule has 2 aliphatic rings. The summed E-state index contributed by atoms with van der Waals surface area (Å²) in [5.41, 5.74) is 5.84. The molecule has 0 saturated carbocycles. The number of ether oxygens (including phenoxy) is 5. The summed E-state index contributed by atoms with van der Waals surface area (Å²) < 4.78 is 55.9. The van der Waals surface area contributed by atoms with Crippen LogP contribution in [-0.2, 0) is 37.3 Å². The van der Waals surface area contributed by atoms with E-state index in [1.807, 2.05) is 0 Å². The van der Waals surface area contributed by atoms with Gasteiger partial charge in [0.05, 0.1) is 37.4 Å². The Morgan fingerprint density at radius 3 is 2.70 bits per heavy atom. The summed E-state index contributed by atoms with van der Waals surface area (Å²) in [6.07, 6.45) is -4.83. The third-order valence-electron chi connectivity index (χ3n) is 7.24. The molecule has 0 spiro atoms. The van der Waals surface area contributed by atoms with Crippen LogP contribution in [-0.4, -0.2) is 103 Å². The van der Waals surface area contributed by atoms with E-state index in [0.29, 0.717) is 28.2 Å². The Kier molecular flexibility index (Phi) is 11.0. The van der Waals surface area contributed by atoms with Crippen molar-refractivity contribution < 1.29 is 52.3 Å². The number of aliphatic hydroxyl groups excluding tert-OH is 2. The van der Waals surface area contributed by atoms with Crippen LogP contribution >= 0.6 is 18.2 Å². The van der Waals surface area contributed by atoms with Crippen LogP contribution in [0.25, 0.3) is 11.2 Å². The summed E-state index contributed by atoms with van der Waals surface area (Å²) in [6.45, 7) is -2.23. The number of methoxy groups -OCH3 is 1. The van der Waals surface area contributed by atoms with Gasteiger partial charge in [-0.3, -0.25) is 28.0 Å². The Morgan fingerprint density at radius 1 is 1.21 bits per heavy atom. The zero-order chi connectivity index (χ0) is 33.9. The maximum atomic E-state index is 14.2. The van der Waals surface area contributed by atoms with Crippen molar-refractivity contribution >= 4 is 41.2 Å². The molecule has 0 bridgehead atoms. The van der Waals surface area contributed by atoms with E-state index < -0.39 is 92.4 Å². The lowest BCUT2D eigenvalue weighted by Gasteiger charge is -2.28. The lowest BCUT2D eigenvalue weighted by molar-refractivity contribution is -0.0625. The van der Waals surface area contributed by atoms with Gasteiger partial charge < -0.3 is 39.6 Å². The number of H-pyrrole nitrogens is 1. The fraction of sp³-hybridized carbons (Fsp3) is 0.577. The number of anilines is 1. The predicted octanol–water partition coefficient (Wildman–Crippen LogP) is 0.879. The van der Waals surface area contributed by atoms with E-state index in [0.717, 1.165) is 10.6 Å². The maximum Gasteiger partial charge on any atom is 0.509 e. The van der Waals surface area contributed by atoms with E-state index in [2.05, 4.69) is 15.0 Å². The molecule has 3 aromatic heterocycles. The number of nitrogens with two attached hydrogens (primary N) is 1. The number of nitrogen functional groups attached to an aromatic ring is 1. The monoisotopic (exact) mass is 702 g/mol. The van der Waals surface area contributed by atoms with Gasteiger partial charge in [0.2, 0.25) is 0 Å². The number of carbonyl (C=O) groups is 1. The highest BCUT2D eigenvalue weighted by Gasteiger charge is 2.51. The molecule has 258 valence electrons. The second-order valence-corrected chi connectivity index (χ2v) is 14.7. The molecule has 0 aliphatic carbocycles. The first-order valence-corrected chi connectivity index (χ1v) is 17.5. The summed E-state index contributed by atoms with van der Waals surface area (Å²) in [5.74, 6) is -0.536. The van der Waals surface area contributed by atoms with E-state index in [4.69, 9.17) is 38.5 Å². The quantitative estimate of drug-likeness (QED) is 0.110. The largest absolute Gasteiger partial charge is 0.509 e. The molecule has 3 aromatic rings. The first-order chi connectivity index (χ1) is 22.4. The summed E-state index contributed by atoms with van der Waals surface area (Å²) >= 11 is 0.483. The minimum Gasteiger partial charge on any atom is -0.432 e. The number of carbonyl (C=O) groups excluding carboxylic acids is 1. The molecule has 5 N–H and O–H groups in total. The van der Waals surface area contributed by atoms with Crippen molar-refractivity contribution in [3.63, 3.8) is 0 Å². The average Bonchev–Trinajstić information content (AvgIpc) is 3.71. The van der Waals surface area contributed by atoms with Gasteiger partial charge in [-0.2, -0.15) is 0 Å². The summed E-state index contributed by atoms with van der Waals surface area (Å²) in [4.78, 5) is 46.8. The zero-order valence-electron chi connectivity index (χ0n) is 25.4. The number of imidazole rings is 1. The molecule has 47 heavy (non-hydrogen) atoms. The molecule has 2 saturated heterocycles. The highest BCUT2D eigenvalue weighted by Crippen LogP contribution is 2.63. The number of fused-ring (bicyclic) bond motifs is 1. The van der Waals surface area contributed by atoms with Crippen molar-refractivity contribution in [2.24, 2.45) is 0 Å². The SMILES string of the molecule is COC1[C@@H](O[P@](=O)(OC[C@H]2O[C@@H](n3cnc4c(N)ccnc43)C[C@H]2O)SCOC(=O)OC(C)C)[C@@H](CO)O[C@H]1n1ccc(=O)[nH]c1=O. The second kappa shape index (κ2) is 14.8. The number of hydrogen-bond acceptors (Lipinski definition) is 17. The molecule has 2 fully saturated rings. The minimum atomic E-state index is -4.37. The van der Waals surface area contributed by atoms with Crippen LogP contribution in [0.15, 0.2) is 40.4 Å². The van der Waals surface area contributed by atoms with Gasteiger partial charge in [-0.25, -0.2) is 24.1 Å². The van der Waals surface area contributed by atoms with E-state index in [1.54, 1.807) is 24.5 Å². The van der Waals surface area contributed by atoms with E-state index in [9.17, 15) is 29.2 Å². The van der Waals surface area contributed by atoms with E-state index >= 15 is 0 Å². The maximum absolute atomic E-state index is 14.2. The number of aromatic amines is 1. The van der Waals surface area contributed by atoms with Crippen LogP contribution in [0.1, 0.15) is 32.7 Å². The molecular weight excluding hydrogens is 667 g/mol. The van der Waals surface area contributed by atoms with E-state index in [-0.39, 0.29) is 6.42 Å². The number of aliphatic hydroxyl groups is 2. The Labute approximate surface area is 270 Å². The first-order valence-electron chi connectivity index (χ1n) is 14.3. The fourth-order valence-electron chi connectivity index (χ4n) is 5.06. The molecule has 0 radical (unpaired) electrons. The molecule has 5 rings (SSSR count). The van der Waals surface area contributed by atoms with Gasteiger partial charge in [0, 0.05) is 43.4 Å². The van der Waals surface area contributed by atoms with Crippen molar-refractivity contribution in [2.75, 3.05) is 32.0 Å². The molecule has 21 heteroatoms. The average molecular weight is 703 g/mol. The molecule has 0 aromatic carbocycles. The Bertz CT molecular complexity index is 1720. The highest BCUT2D eigenvalue weighted by molar-refractivity contribution is 8.55. The van der Waals surface area contributed by atoms with Gasteiger partial charge in [-0.05, 0) is 19.9 Å². The van der Waals surface area contributed by atoms with Crippen molar-refractivity contribution in [3.05, 3.63) is 51.7 Å². The molecular formula is C26H35N6O13PS. The van der Waals surface area contributed by atoms with Gasteiger partial charge in [0.25, 0.3) is 5.56 Å². The number of pyridine rings is 1. The number of nitrogens with zero attached hydrogens (tertiary/aromatic N) is 4. The Morgan fingerprint density at radius 2 is 2.00 bits per heavy atom. The summed E-state index contributed by atoms with van der Waals surface area (Å²) in [7, 11) is 1.28. The smallest absolute Gasteiger partial charge is 0.432 e. The summed E-state index contributed by atoms with van der Waals surface area (Å²) in [5, 5.41) is 20.9. The van der Waals surface area contributed by atoms with Crippen LogP contribution in [0.4, 0.5) is 10.5 Å². The van der Waals surface area contributed by atoms with Gasteiger partial charge in [-0.1, -0.05) is 0 Å². The zero-order valence-corrected chi connectivity index (χ0v) is 27.2. The second-order valence-electron chi connectivity index (χ2n) is 10.7. The van der Waals surface area contributed by atoms with Crippen LogP contribution in [0.5, 0.6) is 0 Å². The third kappa shape index (κ3) is 7.87. The van der Waals surface area contributed by atoms with Crippen molar-refractivity contribution in [3.8, 4) is 0 Å². The molecule has 19 nitrogen and oxygen atoms in total. The van der Waals surface area contributed by atoms with Gasteiger partial charge in [0.1, 0.15) is 36.2 Å². The Hall–Kier alpha value is -3.33. The third-order valence-corrected chi connectivity index (χ3v) is 10.6. The fourth-order valence-corrected chi connectivity index (χ4v) is 7.85. The molecule has 8 atom stereocenters. The predicted molar refractivity (Wildman–Crippen MR) is 163 cm³/mol. The van der Waals surface area contributed by atoms with E-state index in [1.165, 1.54) is 25.8 Å². The van der Waals surface area contributed by atoms with Crippen molar-refractivity contribution in [1.29, 1.82) is 0 Å². The van der Waals surface area contributed by atoms with Crippen molar-refractivity contribution in [1.82, 2.24) is 24.1 Å². The van der Waals surface area contributed by atoms with Gasteiger partial charge >= 0.3 is 18.6 Å². The highest BCUT2D eigenvalue weighted by atomic mass is 32.7. The lowest BCUT2D eigenvalue weighted by Crippen LogP contribution is -2.39. The lowest BCUT2D eigenvalue weighted by atomic mass is 10.1. The number of rotatable bonds is 13. The molecule has 2 aliphatic heterocycles. The van der Waals surface area contributed by atoms with Crippen LogP contribution < -0.4 is 17.0 Å². The number of aromatic nitrogens is 5. The molecule has 0 amide bonds. The number of hydrogen-bond donors (Lipinski definition) is 4. The van der Waals surface area contributed by atoms with Crippen molar-refractivity contribution in [2.45, 2.75) is 69.3 Å².